The minimum Gasteiger partial charge on any atom is -0.349 e. The van der Waals surface area contributed by atoms with Gasteiger partial charge in [0.2, 0.25) is 5.95 Å². The van der Waals surface area contributed by atoms with Crippen LogP contribution in [0.25, 0.3) is 0 Å². The van der Waals surface area contributed by atoms with E-state index in [9.17, 15) is 0 Å². The molecular formula is C18H18N6. The van der Waals surface area contributed by atoms with E-state index in [1.54, 1.807) is 18.6 Å². The second-order valence-corrected chi connectivity index (χ2v) is 5.90. The lowest BCUT2D eigenvalue weighted by Crippen LogP contribution is -2.25. The second kappa shape index (κ2) is 6.23. The number of nitrogens with zero attached hydrogens (tertiary/aromatic N) is 5. The Kier molecular flexibility index (Phi) is 3.78. The molecule has 24 heavy (non-hydrogen) atoms. The fourth-order valence-corrected chi connectivity index (χ4v) is 3.08. The third-order valence-corrected chi connectivity index (χ3v) is 4.20. The average Bonchev–Trinajstić information content (AvgIpc) is 2.97. The molecular weight excluding hydrogens is 300 g/mol. The predicted molar refractivity (Wildman–Crippen MR) is 93.1 cm³/mol. The number of hydrogen-bond acceptors (Lipinski definition) is 6. The Balaban J connectivity index is 1.57. The van der Waals surface area contributed by atoms with Crippen LogP contribution in [0.15, 0.2) is 55.0 Å². The quantitative estimate of drug-likeness (QED) is 0.798. The van der Waals surface area contributed by atoms with Crippen LogP contribution in [0.4, 0.5) is 17.5 Å². The largest absolute Gasteiger partial charge is 0.349 e. The fraction of sp³-hybridized carbons (Fsp3) is 0.222. The van der Waals surface area contributed by atoms with Crippen LogP contribution in [0.1, 0.15) is 18.1 Å². The Bertz CT molecular complexity index is 836. The van der Waals surface area contributed by atoms with Crippen molar-refractivity contribution in [2.75, 3.05) is 10.2 Å². The van der Waals surface area contributed by atoms with E-state index in [1.807, 2.05) is 12.1 Å². The van der Waals surface area contributed by atoms with Gasteiger partial charge in [0.15, 0.2) is 5.82 Å². The molecule has 1 unspecified atom stereocenters. The zero-order chi connectivity index (χ0) is 16.4. The van der Waals surface area contributed by atoms with Crippen molar-refractivity contribution in [3.05, 3.63) is 66.1 Å². The molecule has 0 fully saturated rings. The van der Waals surface area contributed by atoms with E-state index in [0.29, 0.717) is 18.5 Å². The summed E-state index contributed by atoms with van der Waals surface area (Å²) < 4.78 is 0. The van der Waals surface area contributed by atoms with Crippen LogP contribution in [0, 0.1) is 0 Å². The molecule has 120 valence electrons. The van der Waals surface area contributed by atoms with Gasteiger partial charge in [-0.1, -0.05) is 18.2 Å². The first kappa shape index (κ1) is 14.6. The molecule has 0 bridgehead atoms. The van der Waals surface area contributed by atoms with Gasteiger partial charge in [0.25, 0.3) is 0 Å². The minimum absolute atomic E-state index is 0.354. The van der Waals surface area contributed by atoms with Gasteiger partial charge in [-0.05, 0) is 42.7 Å². The van der Waals surface area contributed by atoms with Gasteiger partial charge in [-0.2, -0.15) is 10.1 Å². The van der Waals surface area contributed by atoms with Crippen molar-refractivity contribution in [3.8, 4) is 0 Å². The summed E-state index contributed by atoms with van der Waals surface area (Å²) in [5.74, 6) is 1.35. The van der Waals surface area contributed by atoms with Gasteiger partial charge in [-0.25, -0.2) is 0 Å². The number of hydrogen-bond donors (Lipinski definition) is 1. The fourth-order valence-electron chi connectivity index (χ4n) is 3.08. The van der Waals surface area contributed by atoms with Gasteiger partial charge >= 0.3 is 0 Å². The second-order valence-electron chi connectivity index (χ2n) is 5.90. The Morgan fingerprint density at radius 2 is 2.00 bits per heavy atom. The number of benzene rings is 1. The summed E-state index contributed by atoms with van der Waals surface area (Å²) in [7, 11) is 0. The predicted octanol–water partition coefficient (Wildman–Crippen LogP) is 2.96. The molecule has 0 spiro atoms. The van der Waals surface area contributed by atoms with E-state index >= 15 is 0 Å². The molecule has 1 aliphatic heterocycles. The molecule has 3 heterocycles. The Morgan fingerprint density at radius 3 is 2.88 bits per heavy atom. The number of rotatable bonds is 4. The molecule has 2 aromatic heterocycles. The van der Waals surface area contributed by atoms with E-state index in [-0.39, 0.29) is 0 Å². The number of para-hydroxylation sites is 1. The molecule has 0 saturated heterocycles. The van der Waals surface area contributed by atoms with E-state index in [2.05, 4.69) is 61.6 Å². The van der Waals surface area contributed by atoms with Crippen molar-refractivity contribution in [2.45, 2.75) is 25.9 Å². The molecule has 0 saturated carbocycles. The maximum atomic E-state index is 4.64. The molecule has 1 atom stereocenters. The van der Waals surface area contributed by atoms with Crippen molar-refractivity contribution in [1.29, 1.82) is 0 Å². The molecule has 4 rings (SSSR count). The van der Waals surface area contributed by atoms with Gasteiger partial charge in [0.05, 0.1) is 6.20 Å². The third kappa shape index (κ3) is 2.78. The topological polar surface area (TPSA) is 66.8 Å². The normalized spacial score (nSPS) is 16.0. The van der Waals surface area contributed by atoms with Gasteiger partial charge in [-0.3, -0.25) is 4.98 Å². The zero-order valence-corrected chi connectivity index (χ0v) is 13.4. The van der Waals surface area contributed by atoms with Crippen LogP contribution in [-0.4, -0.2) is 26.2 Å². The monoisotopic (exact) mass is 318 g/mol. The van der Waals surface area contributed by atoms with Crippen molar-refractivity contribution >= 4 is 17.5 Å². The first-order valence-electron chi connectivity index (χ1n) is 8.01. The summed E-state index contributed by atoms with van der Waals surface area (Å²) in [4.78, 5) is 10.9. The van der Waals surface area contributed by atoms with Crippen molar-refractivity contribution < 1.29 is 0 Å². The standard InChI is InChI=1S/C18H18N6/c1-13-10-15-4-2-3-5-16(15)24(13)17-12-21-23-18(22-17)20-11-14-6-8-19-9-7-14/h2-9,12-13H,10-11H2,1H3,(H,20,22,23). The van der Waals surface area contributed by atoms with Crippen LogP contribution in [-0.2, 0) is 13.0 Å². The highest BCUT2D eigenvalue weighted by Crippen LogP contribution is 2.36. The van der Waals surface area contributed by atoms with E-state index in [1.165, 1.54) is 11.3 Å². The molecule has 6 nitrogen and oxygen atoms in total. The van der Waals surface area contributed by atoms with Gasteiger partial charge < -0.3 is 10.2 Å². The summed E-state index contributed by atoms with van der Waals surface area (Å²) in [6.07, 6.45) is 6.28. The smallest absolute Gasteiger partial charge is 0.244 e. The minimum atomic E-state index is 0.354. The molecule has 6 heteroatoms. The lowest BCUT2D eigenvalue weighted by molar-refractivity contribution is 0.744. The number of pyridine rings is 1. The Morgan fingerprint density at radius 1 is 1.17 bits per heavy atom. The summed E-state index contributed by atoms with van der Waals surface area (Å²) in [6, 6.07) is 12.7. The SMILES string of the molecule is CC1Cc2ccccc2N1c1cnnc(NCc2ccncc2)n1. The van der Waals surface area contributed by atoms with Gasteiger partial charge in [0.1, 0.15) is 0 Å². The summed E-state index contributed by atoms with van der Waals surface area (Å²) in [5, 5.41) is 11.4. The van der Waals surface area contributed by atoms with Crippen LogP contribution >= 0.6 is 0 Å². The lowest BCUT2D eigenvalue weighted by atomic mass is 10.1. The van der Waals surface area contributed by atoms with E-state index in [4.69, 9.17) is 0 Å². The summed E-state index contributed by atoms with van der Waals surface area (Å²) in [5.41, 5.74) is 3.67. The lowest BCUT2D eigenvalue weighted by Gasteiger charge is -2.23. The first-order chi connectivity index (χ1) is 11.8. The summed E-state index contributed by atoms with van der Waals surface area (Å²) >= 11 is 0. The molecule has 0 radical (unpaired) electrons. The van der Waals surface area contributed by atoms with Crippen molar-refractivity contribution in [1.82, 2.24) is 20.2 Å². The molecule has 0 amide bonds. The van der Waals surface area contributed by atoms with Crippen LogP contribution < -0.4 is 10.2 Å². The van der Waals surface area contributed by atoms with E-state index in [0.717, 1.165) is 17.8 Å². The molecule has 1 aromatic carbocycles. The Labute approximate surface area is 140 Å². The molecule has 3 aromatic rings. The van der Waals surface area contributed by atoms with Gasteiger partial charge in [0, 0.05) is 30.7 Å². The molecule has 0 aliphatic carbocycles. The van der Waals surface area contributed by atoms with Crippen molar-refractivity contribution in [2.24, 2.45) is 0 Å². The number of fused-ring (bicyclic) bond motifs is 1. The van der Waals surface area contributed by atoms with Crippen LogP contribution in [0.2, 0.25) is 0 Å². The maximum absolute atomic E-state index is 4.64. The molecule has 1 aliphatic rings. The highest BCUT2D eigenvalue weighted by Gasteiger charge is 2.28. The van der Waals surface area contributed by atoms with Crippen LogP contribution in [0.3, 0.4) is 0 Å². The highest BCUT2D eigenvalue weighted by molar-refractivity contribution is 5.68. The number of anilines is 3. The van der Waals surface area contributed by atoms with Crippen molar-refractivity contribution in [3.63, 3.8) is 0 Å². The number of aromatic nitrogens is 4. The van der Waals surface area contributed by atoms with Crippen LogP contribution in [0.5, 0.6) is 0 Å². The maximum Gasteiger partial charge on any atom is 0.244 e. The average molecular weight is 318 g/mol. The zero-order valence-electron chi connectivity index (χ0n) is 13.4. The third-order valence-electron chi connectivity index (χ3n) is 4.20. The Hall–Kier alpha value is -3.02. The van der Waals surface area contributed by atoms with E-state index < -0.39 is 0 Å². The highest BCUT2D eigenvalue weighted by atomic mass is 15.3. The number of nitrogens with one attached hydrogen (secondary N) is 1. The molecule has 1 N–H and O–H groups in total. The first-order valence-corrected chi connectivity index (χ1v) is 8.01. The van der Waals surface area contributed by atoms with Gasteiger partial charge in [-0.15, -0.1) is 5.10 Å². The summed E-state index contributed by atoms with van der Waals surface area (Å²) in [6.45, 7) is 2.84.